The van der Waals surface area contributed by atoms with Crippen LogP contribution in [0.5, 0.6) is 0 Å². The van der Waals surface area contributed by atoms with E-state index in [1.165, 1.54) is 25.7 Å². The lowest BCUT2D eigenvalue weighted by molar-refractivity contribution is -0.152. The van der Waals surface area contributed by atoms with Crippen molar-refractivity contribution in [3.8, 4) is 0 Å². The highest BCUT2D eigenvalue weighted by Crippen LogP contribution is 2.43. The van der Waals surface area contributed by atoms with Gasteiger partial charge < -0.3 is 10.4 Å². The second-order valence-electron chi connectivity index (χ2n) is 7.15. The van der Waals surface area contributed by atoms with Gasteiger partial charge in [0.25, 0.3) is 0 Å². The molecule has 2 unspecified atom stereocenters. The van der Waals surface area contributed by atoms with E-state index in [1.807, 2.05) is 0 Å². The molecule has 4 nitrogen and oxygen atoms in total. The molecule has 2 aliphatic carbocycles. The minimum Gasteiger partial charge on any atom is -0.481 e. The third kappa shape index (κ3) is 3.33. The maximum atomic E-state index is 12.2. The summed E-state index contributed by atoms with van der Waals surface area (Å²) in [4.78, 5) is 23.1. The standard InChI is InChI=1S/C16H27NO3/c1-11(2)9-16(7-3-4-8-16)10-17-14(18)12-5-6-13(12)15(19)20/h11-13H,3-10H2,1-2H3,(H,17,18)(H,19,20). The number of carbonyl (C=O) groups excluding carboxylic acids is 1. The Kier molecular flexibility index (Phi) is 4.71. The highest BCUT2D eigenvalue weighted by atomic mass is 16.4. The number of carboxylic acid groups (broad SMARTS) is 1. The van der Waals surface area contributed by atoms with Gasteiger partial charge in [-0.05, 0) is 43.4 Å². The zero-order chi connectivity index (χ0) is 14.8. The molecule has 114 valence electrons. The van der Waals surface area contributed by atoms with Crippen LogP contribution in [0.25, 0.3) is 0 Å². The van der Waals surface area contributed by atoms with Crippen molar-refractivity contribution in [2.45, 2.75) is 58.8 Å². The first-order chi connectivity index (χ1) is 9.43. The Bertz CT molecular complexity index is 372. The summed E-state index contributed by atoms with van der Waals surface area (Å²) in [5.74, 6) is -0.988. The Labute approximate surface area is 121 Å². The predicted octanol–water partition coefficient (Wildman–Crippen LogP) is 2.82. The lowest BCUT2D eigenvalue weighted by atomic mass is 9.72. The Morgan fingerprint density at radius 3 is 2.25 bits per heavy atom. The van der Waals surface area contributed by atoms with Crippen molar-refractivity contribution in [1.82, 2.24) is 5.32 Å². The summed E-state index contributed by atoms with van der Waals surface area (Å²) in [6.45, 7) is 5.19. The molecule has 0 heterocycles. The molecule has 4 heteroatoms. The second-order valence-corrected chi connectivity index (χ2v) is 7.15. The predicted molar refractivity (Wildman–Crippen MR) is 77.2 cm³/mol. The van der Waals surface area contributed by atoms with E-state index in [2.05, 4.69) is 19.2 Å². The van der Waals surface area contributed by atoms with Crippen LogP contribution in [0.3, 0.4) is 0 Å². The number of carboxylic acids is 1. The first-order valence-electron chi connectivity index (χ1n) is 7.94. The number of rotatable bonds is 6. The molecule has 2 fully saturated rings. The first kappa shape index (κ1) is 15.3. The quantitative estimate of drug-likeness (QED) is 0.786. The van der Waals surface area contributed by atoms with Crippen molar-refractivity contribution in [3.05, 3.63) is 0 Å². The average Bonchev–Trinajstić information content (AvgIpc) is 2.72. The van der Waals surface area contributed by atoms with E-state index in [4.69, 9.17) is 5.11 Å². The number of aliphatic carboxylic acids is 1. The Morgan fingerprint density at radius 2 is 1.80 bits per heavy atom. The van der Waals surface area contributed by atoms with Crippen LogP contribution in [-0.4, -0.2) is 23.5 Å². The summed E-state index contributed by atoms with van der Waals surface area (Å²) in [5.41, 5.74) is 0.256. The largest absolute Gasteiger partial charge is 0.481 e. The van der Waals surface area contributed by atoms with Crippen molar-refractivity contribution < 1.29 is 14.7 Å². The van der Waals surface area contributed by atoms with Crippen LogP contribution in [0.2, 0.25) is 0 Å². The fraction of sp³-hybridized carbons (Fsp3) is 0.875. The summed E-state index contributed by atoms with van der Waals surface area (Å²) in [6.07, 6.45) is 7.41. The average molecular weight is 281 g/mol. The van der Waals surface area contributed by atoms with Crippen LogP contribution in [-0.2, 0) is 9.59 Å². The third-order valence-corrected chi connectivity index (χ3v) is 5.07. The molecule has 0 radical (unpaired) electrons. The molecule has 1 amide bonds. The van der Waals surface area contributed by atoms with Crippen LogP contribution in [0.4, 0.5) is 0 Å². The van der Waals surface area contributed by atoms with E-state index in [-0.39, 0.29) is 17.2 Å². The first-order valence-corrected chi connectivity index (χ1v) is 7.94. The fourth-order valence-corrected chi connectivity index (χ4v) is 3.96. The van der Waals surface area contributed by atoms with E-state index in [0.717, 1.165) is 19.4 Å². The topological polar surface area (TPSA) is 66.4 Å². The highest BCUT2D eigenvalue weighted by Gasteiger charge is 2.42. The second kappa shape index (κ2) is 6.15. The van der Waals surface area contributed by atoms with Gasteiger partial charge in [0.05, 0.1) is 11.8 Å². The molecule has 20 heavy (non-hydrogen) atoms. The van der Waals surface area contributed by atoms with Gasteiger partial charge in [0, 0.05) is 6.54 Å². The summed E-state index contributed by atoms with van der Waals surface area (Å²) >= 11 is 0. The summed E-state index contributed by atoms with van der Waals surface area (Å²) < 4.78 is 0. The van der Waals surface area contributed by atoms with Gasteiger partial charge in [-0.25, -0.2) is 0 Å². The molecule has 2 saturated carbocycles. The van der Waals surface area contributed by atoms with Gasteiger partial charge in [-0.2, -0.15) is 0 Å². The SMILES string of the molecule is CC(C)CC1(CNC(=O)C2CCC2C(=O)O)CCCC1. The lowest BCUT2D eigenvalue weighted by Gasteiger charge is -2.35. The van der Waals surface area contributed by atoms with E-state index < -0.39 is 11.9 Å². The van der Waals surface area contributed by atoms with E-state index in [1.54, 1.807) is 0 Å². The number of hydrogen-bond acceptors (Lipinski definition) is 2. The van der Waals surface area contributed by atoms with Gasteiger partial charge in [-0.15, -0.1) is 0 Å². The van der Waals surface area contributed by atoms with Gasteiger partial charge >= 0.3 is 5.97 Å². The van der Waals surface area contributed by atoms with Crippen LogP contribution in [0.15, 0.2) is 0 Å². The minimum absolute atomic E-state index is 0.0429. The van der Waals surface area contributed by atoms with Crippen LogP contribution >= 0.6 is 0 Å². The maximum absolute atomic E-state index is 12.2. The molecule has 0 aliphatic heterocycles. The normalized spacial score (nSPS) is 28.1. The molecular formula is C16H27NO3. The number of hydrogen-bond donors (Lipinski definition) is 2. The van der Waals surface area contributed by atoms with E-state index in [9.17, 15) is 9.59 Å². The smallest absolute Gasteiger partial charge is 0.307 e. The molecule has 2 atom stereocenters. The molecule has 0 spiro atoms. The third-order valence-electron chi connectivity index (χ3n) is 5.07. The highest BCUT2D eigenvalue weighted by molar-refractivity contribution is 5.86. The Hall–Kier alpha value is -1.06. The summed E-state index contributed by atoms with van der Waals surface area (Å²) in [7, 11) is 0. The zero-order valence-electron chi connectivity index (χ0n) is 12.7. The molecule has 0 bridgehead atoms. The van der Waals surface area contributed by atoms with Gasteiger partial charge in [0.2, 0.25) is 5.91 Å². The lowest BCUT2D eigenvalue weighted by Crippen LogP contribution is -2.46. The molecule has 0 aromatic carbocycles. The van der Waals surface area contributed by atoms with Crippen molar-refractivity contribution in [3.63, 3.8) is 0 Å². The minimum atomic E-state index is -0.825. The van der Waals surface area contributed by atoms with Crippen LogP contribution in [0, 0.1) is 23.2 Å². The van der Waals surface area contributed by atoms with Crippen molar-refractivity contribution in [2.24, 2.45) is 23.2 Å². The summed E-state index contributed by atoms with van der Waals surface area (Å²) in [5, 5.41) is 12.1. The molecule has 2 rings (SSSR count). The van der Waals surface area contributed by atoms with Crippen LogP contribution in [0.1, 0.15) is 58.8 Å². The monoisotopic (exact) mass is 281 g/mol. The van der Waals surface area contributed by atoms with Gasteiger partial charge in [-0.1, -0.05) is 26.7 Å². The number of carbonyl (C=O) groups is 2. The molecule has 2 N–H and O–H groups in total. The van der Waals surface area contributed by atoms with Crippen molar-refractivity contribution in [1.29, 1.82) is 0 Å². The van der Waals surface area contributed by atoms with Gasteiger partial charge in [-0.3, -0.25) is 9.59 Å². The van der Waals surface area contributed by atoms with Gasteiger partial charge in [0.15, 0.2) is 0 Å². The Balaban J connectivity index is 1.86. The Morgan fingerprint density at radius 1 is 1.20 bits per heavy atom. The molecular weight excluding hydrogens is 254 g/mol. The van der Waals surface area contributed by atoms with Gasteiger partial charge in [0.1, 0.15) is 0 Å². The molecule has 0 saturated heterocycles. The molecule has 0 aromatic heterocycles. The zero-order valence-corrected chi connectivity index (χ0v) is 12.7. The number of nitrogens with one attached hydrogen (secondary N) is 1. The summed E-state index contributed by atoms with van der Waals surface area (Å²) in [6, 6.07) is 0. The maximum Gasteiger partial charge on any atom is 0.307 e. The van der Waals surface area contributed by atoms with E-state index in [0.29, 0.717) is 12.3 Å². The van der Waals surface area contributed by atoms with Crippen LogP contribution < -0.4 is 5.32 Å². The molecule has 2 aliphatic rings. The van der Waals surface area contributed by atoms with E-state index >= 15 is 0 Å². The number of amides is 1. The fourth-order valence-electron chi connectivity index (χ4n) is 3.96. The van der Waals surface area contributed by atoms with Crippen molar-refractivity contribution in [2.75, 3.05) is 6.54 Å². The molecule has 0 aromatic rings. The van der Waals surface area contributed by atoms with Crippen molar-refractivity contribution >= 4 is 11.9 Å².